The first kappa shape index (κ1) is 22.6. The van der Waals surface area contributed by atoms with E-state index in [-0.39, 0.29) is 36.2 Å². The Balaban J connectivity index is 1.69. The molecule has 0 aliphatic carbocycles. The molecule has 0 atom stereocenters. The maximum Gasteiger partial charge on any atom is 0.295 e. The van der Waals surface area contributed by atoms with E-state index < -0.39 is 20.0 Å². The van der Waals surface area contributed by atoms with E-state index in [4.69, 9.17) is 27.9 Å². The molecule has 6 nitrogen and oxygen atoms in total. The molecule has 0 radical (unpaired) electrons. The Morgan fingerprint density at radius 1 is 0.719 bits per heavy atom. The molecular weight excluding hydrogens is 495 g/mol. The first-order valence-corrected chi connectivity index (χ1v) is 12.7. The van der Waals surface area contributed by atoms with Crippen LogP contribution >= 0.6 is 23.2 Å². The summed E-state index contributed by atoms with van der Waals surface area (Å²) in [5.41, 5.74) is 0. The van der Waals surface area contributed by atoms with E-state index >= 15 is 0 Å². The maximum atomic E-state index is 12.9. The molecule has 0 spiro atoms. The van der Waals surface area contributed by atoms with Crippen LogP contribution in [0, 0.1) is 0 Å². The van der Waals surface area contributed by atoms with Crippen molar-refractivity contribution in [1.82, 2.24) is 0 Å². The number of sulfone groups is 1. The summed E-state index contributed by atoms with van der Waals surface area (Å²) in [5, 5.41) is 1.18. The number of benzene rings is 4. The number of rotatable bonds is 5. The number of ether oxygens (including phenoxy) is 1. The number of fused-ring (bicyclic) bond motifs is 1. The molecule has 0 bridgehead atoms. The van der Waals surface area contributed by atoms with Crippen LogP contribution in [0.2, 0.25) is 10.0 Å². The van der Waals surface area contributed by atoms with Gasteiger partial charge in [-0.1, -0.05) is 47.5 Å². The highest BCUT2D eigenvalue weighted by Crippen LogP contribution is 2.33. The molecule has 10 heteroatoms. The molecule has 0 aromatic heterocycles. The molecule has 1 N–H and O–H groups in total. The van der Waals surface area contributed by atoms with Crippen LogP contribution in [-0.2, 0) is 20.0 Å². The normalized spacial score (nSPS) is 12.1. The van der Waals surface area contributed by atoms with Gasteiger partial charge in [0.15, 0.2) is 0 Å². The van der Waals surface area contributed by atoms with Gasteiger partial charge < -0.3 is 4.74 Å². The van der Waals surface area contributed by atoms with Crippen molar-refractivity contribution in [3.63, 3.8) is 0 Å². The van der Waals surface area contributed by atoms with Gasteiger partial charge in [0, 0.05) is 16.5 Å². The van der Waals surface area contributed by atoms with E-state index in [2.05, 4.69) is 0 Å². The number of hydrogen-bond donors (Lipinski definition) is 1. The molecule has 0 aliphatic rings. The molecule has 164 valence electrons. The first-order valence-electron chi connectivity index (χ1n) is 9.04. The van der Waals surface area contributed by atoms with Gasteiger partial charge in [-0.25, -0.2) is 8.42 Å². The largest absolute Gasteiger partial charge is 0.457 e. The fourth-order valence-electron chi connectivity index (χ4n) is 3.15. The molecule has 0 fully saturated rings. The van der Waals surface area contributed by atoms with Crippen LogP contribution in [0.4, 0.5) is 0 Å². The van der Waals surface area contributed by atoms with Crippen LogP contribution in [-0.4, -0.2) is 21.4 Å². The fourth-order valence-corrected chi connectivity index (χ4v) is 5.90. The molecule has 0 unspecified atom stereocenters. The van der Waals surface area contributed by atoms with E-state index in [0.717, 1.165) is 0 Å². The van der Waals surface area contributed by atoms with Gasteiger partial charge in [-0.15, -0.1) is 0 Å². The van der Waals surface area contributed by atoms with E-state index in [1.165, 1.54) is 48.5 Å². The Kier molecular flexibility index (Phi) is 5.91. The summed E-state index contributed by atoms with van der Waals surface area (Å²) in [6.07, 6.45) is 0. The highest BCUT2D eigenvalue weighted by atomic mass is 35.5. The quantitative estimate of drug-likeness (QED) is 0.331. The summed E-state index contributed by atoms with van der Waals surface area (Å²) < 4.78 is 64.7. The minimum absolute atomic E-state index is 0.0221. The van der Waals surface area contributed by atoms with Gasteiger partial charge in [0.05, 0.1) is 14.8 Å². The summed E-state index contributed by atoms with van der Waals surface area (Å²) >= 11 is 11.9. The summed E-state index contributed by atoms with van der Waals surface area (Å²) in [4.78, 5) is -0.431. The zero-order valence-corrected chi connectivity index (χ0v) is 19.2. The third-order valence-corrected chi connectivity index (χ3v) is 8.01. The van der Waals surface area contributed by atoms with Gasteiger partial charge in [0.2, 0.25) is 9.84 Å². The Morgan fingerprint density at radius 2 is 1.41 bits per heavy atom. The van der Waals surface area contributed by atoms with E-state index in [0.29, 0.717) is 10.8 Å². The summed E-state index contributed by atoms with van der Waals surface area (Å²) in [7, 11) is -8.41. The number of hydrogen-bond acceptors (Lipinski definition) is 5. The van der Waals surface area contributed by atoms with Gasteiger partial charge in [0.25, 0.3) is 10.1 Å². The van der Waals surface area contributed by atoms with Gasteiger partial charge in [-0.3, -0.25) is 4.55 Å². The molecule has 32 heavy (non-hydrogen) atoms. The Bertz CT molecular complexity index is 1550. The lowest BCUT2D eigenvalue weighted by Gasteiger charge is -2.11. The maximum absolute atomic E-state index is 12.9. The fraction of sp³-hybridized carbons (Fsp3) is 0. The third kappa shape index (κ3) is 4.46. The van der Waals surface area contributed by atoms with Crippen molar-refractivity contribution in [3.05, 3.63) is 88.9 Å². The molecule has 4 rings (SSSR count). The van der Waals surface area contributed by atoms with Crippen molar-refractivity contribution in [3.8, 4) is 11.5 Å². The average Bonchev–Trinajstić information content (AvgIpc) is 2.74. The summed E-state index contributed by atoms with van der Waals surface area (Å²) in [6, 6.07) is 19.1. The lowest BCUT2D eigenvalue weighted by molar-refractivity contribution is 0.473. The predicted octanol–water partition coefficient (Wildman–Crippen LogP) is 6.02. The Morgan fingerprint density at radius 3 is 2.09 bits per heavy atom. The van der Waals surface area contributed by atoms with Crippen LogP contribution in [0.15, 0.2) is 93.5 Å². The zero-order valence-electron chi connectivity index (χ0n) is 16.1. The van der Waals surface area contributed by atoms with Gasteiger partial charge in [-0.2, -0.15) is 8.42 Å². The van der Waals surface area contributed by atoms with Crippen LogP contribution in [0.5, 0.6) is 11.5 Å². The molecular formula is C22H14Cl2O6S2. The van der Waals surface area contributed by atoms with E-state index in [9.17, 15) is 21.4 Å². The highest BCUT2D eigenvalue weighted by Gasteiger charge is 2.22. The minimum atomic E-state index is -4.49. The van der Waals surface area contributed by atoms with Crippen molar-refractivity contribution < 1.29 is 26.1 Å². The molecule has 4 aromatic rings. The second-order valence-electron chi connectivity index (χ2n) is 6.77. The minimum Gasteiger partial charge on any atom is -0.457 e. The van der Waals surface area contributed by atoms with Crippen LogP contribution < -0.4 is 4.74 Å². The third-order valence-electron chi connectivity index (χ3n) is 4.63. The van der Waals surface area contributed by atoms with Crippen LogP contribution in [0.25, 0.3) is 10.8 Å². The molecule has 0 amide bonds. The molecule has 0 saturated carbocycles. The highest BCUT2D eigenvalue weighted by molar-refractivity contribution is 7.91. The van der Waals surface area contributed by atoms with Gasteiger partial charge in [-0.05, 0) is 53.9 Å². The Labute approximate surface area is 194 Å². The van der Waals surface area contributed by atoms with E-state index in [1.807, 2.05) is 0 Å². The number of halogens is 2. The smallest absolute Gasteiger partial charge is 0.295 e. The predicted molar refractivity (Wildman–Crippen MR) is 122 cm³/mol. The van der Waals surface area contributed by atoms with Crippen molar-refractivity contribution in [2.24, 2.45) is 0 Å². The van der Waals surface area contributed by atoms with Crippen molar-refractivity contribution in [2.45, 2.75) is 14.7 Å². The van der Waals surface area contributed by atoms with Crippen molar-refractivity contribution in [1.29, 1.82) is 0 Å². The average molecular weight is 509 g/mol. The van der Waals surface area contributed by atoms with Gasteiger partial charge >= 0.3 is 0 Å². The summed E-state index contributed by atoms with van der Waals surface area (Å²) in [6.45, 7) is 0. The lowest BCUT2D eigenvalue weighted by Crippen LogP contribution is -2.03. The standard InChI is InChI=1S/C22H14Cl2O6S2/c23-15-5-10-20(24)22(12-15)31(25,26)18-8-6-16(7-9-18)30-17-11-14-3-1-2-4-19(14)21(13-17)32(27,28)29/h1-13H,(H,27,28,29). The topological polar surface area (TPSA) is 97.7 Å². The van der Waals surface area contributed by atoms with Crippen molar-refractivity contribution >= 4 is 53.9 Å². The molecule has 4 aromatic carbocycles. The zero-order chi connectivity index (χ0) is 23.1. The molecule has 0 heterocycles. The second kappa shape index (κ2) is 8.38. The second-order valence-corrected chi connectivity index (χ2v) is 10.9. The Hall–Kier alpha value is -2.62. The van der Waals surface area contributed by atoms with Crippen molar-refractivity contribution in [2.75, 3.05) is 0 Å². The van der Waals surface area contributed by atoms with Crippen LogP contribution in [0.1, 0.15) is 0 Å². The van der Waals surface area contributed by atoms with E-state index in [1.54, 1.807) is 30.3 Å². The van der Waals surface area contributed by atoms with Crippen LogP contribution in [0.3, 0.4) is 0 Å². The molecule has 0 saturated heterocycles. The monoisotopic (exact) mass is 508 g/mol. The molecule has 0 aliphatic heterocycles. The van der Waals surface area contributed by atoms with Gasteiger partial charge in [0.1, 0.15) is 16.4 Å². The first-order chi connectivity index (χ1) is 15.1. The SMILES string of the molecule is O=S(=O)(O)c1cc(Oc2ccc(S(=O)(=O)c3cc(Cl)ccc3Cl)cc2)cc2ccccc12. The lowest BCUT2D eigenvalue weighted by atomic mass is 10.1. The summed E-state index contributed by atoms with van der Waals surface area (Å²) in [5.74, 6) is 0.419.